The van der Waals surface area contributed by atoms with E-state index in [9.17, 15) is 26.4 Å². The van der Waals surface area contributed by atoms with Gasteiger partial charge in [0.2, 0.25) is 17.5 Å². The quantitative estimate of drug-likeness (QED) is 0.0748. The molecule has 1 aliphatic carbocycles. The zero-order valence-corrected chi connectivity index (χ0v) is 38.0. The molecule has 0 saturated heterocycles. The summed E-state index contributed by atoms with van der Waals surface area (Å²) in [6.07, 6.45) is 15.3. The third-order valence-electron chi connectivity index (χ3n) is 11.0. The van der Waals surface area contributed by atoms with Gasteiger partial charge in [0.05, 0.1) is 5.41 Å². The number of hydrogen-bond donors (Lipinski definition) is 4. The number of nitrogens with one attached hydrogen (secondary N) is 2. The zero-order valence-electron chi connectivity index (χ0n) is 33.4. The maximum Gasteiger partial charge on any atom is 0.359 e. The lowest BCUT2D eigenvalue weighted by molar-refractivity contribution is -0.438. The number of benzene rings is 2. The molecule has 0 fully saturated rings. The van der Waals surface area contributed by atoms with E-state index in [1.165, 1.54) is 11.1 Å². The molecule has 0 bridgehead atoms. The molecule has 0 unspecified atom stereocenters. The number of allylic oxidation sites excluding steroid dienone is 8. The van der Waals surface area contributed by atoms with E-state index in [-0.39, 0.29) is 47.6 Å². The molecule has 16 heteroatoms. The molecule has 0 saturated carbocycles. The number of rotatable bonds is 17. The Kier molecular flexibility index (Phi) is 16.2. The first-order valence-corrected chi connectivity index (χ1v) is 22.7. The number of para-hydroxylation sites is 2. The first-order valence-electron chi connectivity index (χ1n) is 19.5. The molecule has 2 aliphatic heterocycles. The Morgan fingerprint density at radius 2 is 1.36 bits per heavy atom. The first kappa shape index (κ1) is 47.3. The van der Waals surface area contributed by atoms with Crippen LogP contribution in [0.4, 0.5) is 11.4 Å². The summed E-state index contributed by atoms with van der Waals surface area (Å²) in [5, 5.41) is 0.751. The minimum absolute atomic E-state index is 0. The summed E-state index contributed by atoms with van der Waals surface area (Å²) in [5.74, 6) is -1.45. The van der Waals surface area contributed by atoms with Gasteiger partial charge in [-0.05, 0) is 87.6 Å². The van der Waals surface area contributed by atoms with Crippen molar-refractivity contribution in [1.82, 2.24) is 9.44 Å². The van der Waals surface area contributed by atoms with Gasteiger partial charge < -0.3 is 28.9 Å². The molecule has 0 aromatic heterocycles. The molecule has 0 atom stereocenters. The first-order chi connectivity index (χ1) is 26.8. The van der Waals surface area contributed by atoms with Crippen molar-refractivity contribution >= 4 is 61.1 Å². The second-order valence-electron chi connectivity index (χ2n) is 15.9. The predicted molar refractivity (Wildman–Crippen MR) is 224 cm³/mol. The number of fused-ring (bicyclic) bond motifs is 2. The Balaban J connectivity index is 0.00000744. The van der Waals surface area contributed by atoms with Gasteiger partial charge >= 0.3 is 20.6 Å². The average molecular weight is 969 g/mol. The van der Waals surface area contributed by atoms with Crippen LogP contribution in [0.3, 0.4) is 0 Å². The Morgan fingerprint density at radius 1 is 0.776 bits per heavy atom. The van der Waals surface area contributed by atoms with Crippen LogP contribution in [0.5, 0.6) is 0 Å². The second-order valence-corrected chi connectivity index (χ2v) is 18.6. The maximum atomic E-state index is 11.8. The number of amides is 2. The summed E-state index contributed by atoms with van der Waals surface area (Å²) in [6, 6.07) is 16.7. The van der Waals surface area contributed by atoms with Gasteiger partial charge in [-0.1, -0.05) is 80.4 Å². The summed E-state index contributed by atoms with van der Waals surface area (Å²) < 4.78 is 67.0. The lowest BCUT2D eigenvalue weighted by atomic mass is 9.81. The predicted octanol–water partition coefficient (Wildman–Crippen LogP) is 4.87. The lowest BCUT2D eigenvalue weighted by Gasteiger charge is -2.27. The maximum absolute atomic E-state index is 11.8. The standard InChI is InChI=1S/C42H53ClN4O8S2.HI/c1-41(2)32-18-9-11-20-34(32)46(28-13-5-7-22-38(48)44-56(50,51)52)36(41)26-24-30-16-15-17-31(40(30)43)25-27-37-42(3,4)33-19-10-12-21-35(33)47(37)29-14-6-8-23-39(49)45-57(53,54)55;/h9-12,18-21,24-27H,5-8,13-17,22-23,28-29H2,1-4H3,(H3-,44,45,48,49,50,51,52,53,54,55);1H. The summed E-state index contributed by atoms with van der Waals surface area (Å²) >= 11 is 7.20. The van der Waals surface area contributed by atoms with Gasteiger partial charge in [0.25, 0.3) is 0 Å². The largest absolute Gasteiger partial charge is 1.00 e. The SMILES string of the molecule is CC1(C)C(/C=C/C2=C(Cl)C(=C/C=C3/N(CCCCCC(=O)NS(=O)(=O)O)c4ccccc4C3(C)C)/CCC2)=[N+](CCCCCC(=O)NS(=O)(=O)O)c2ccccc21.[I-]. The van der Waals surface area contributed by atoms with Gasteiger partial charge in [-0.3, -0.25) is 18.7 Å². The van der Waals surface area contributed by atoms with Crippen molar-refractivity contribution in [3.05, 3.63) is 106 Å². The van der Waals surface area contributed by atoms with Crippen molar-refractivity contribution in [2.24, 2.45) is 0 Å². The number of nitrogens with zero attached hydrogens (tertiary/aromatic N) is 2. The van der Waals surface area contributed by atoms with Crippen molar-refractivity contribution in [2.45, 2.75) is 109 Å². The van der Waals surface area contributed by atoms with Crippen molar-refractivity contribution in [3.8, 4) is 0 Å². The fraction of sp³-hybridized carbons (Fsp3) is 0.452. The average Bonchev–Trinajstić information content (AvgIpc) is 3.47. The van der Waals surface area contributed by atoms with Crippen LogP contribution in [0, 0.1) is 0 Å². The number of carbonyl (C=O) groups is 2. The Morgan fingerprint density at radius 3 is 2.00 bits per heavy atom. The van der Waals surface area contributed by atoms with Crippen LogP contribution in [0.1, 0.15) is 109 Å². The highest BCUT2D eigenvalue weighted by atomic mass is 127. The fourth-order valence-electron chi connectivity index (χ4n) is 8.19. The van der Waals surface area contributed by atoms with Crippen LogP contribution in [0.2, 0.25) is 0 Å². The highest BCUT2D eigenvalue weighted by Crippen LogP contribution is 2.48. The molecule has 2 aromatic rings. The van der Waals surface area contributed by atoms with Gasteiger partial charge in [-0.25, -0.2) is 9.44 Å². The molecule has 2 amide bonds. The van der Waals surface area contributed by atoms with E-state index in [0.29, 0.717) is 38.8 Å². The van der Waals surface area contributed by atoms with Gasteiger partial charge in [-0.15, -0.1) is 0 Å². The lowest BCUT2D eigenvalue weighted by Crippen LogP contribution is -3.00. The molecule has 3 aliphatic rings. The Bertz CT molecular complexity index is 2260. The summed E-state index contributed by atoms with van der Waals surface area (Å²) in [7, 11) is -9.12. The van der Waals surface area contributed by atoms with Crippen molar-refractivity contribution in [2.75, 3.05) is 18.0 Å². The van der Waals surface area contributed by atoms with E-state index < -0.39 is 32.4 Å². The Hall–Kier alpha value is -3.35. The molecule has 0 spiro atoms. The normalized spacial score (nSPS) is 18.8. The highest BCUT2D eigenvalue weighted by molar-refractivity contribution is 7.84. The van der Waals surface area contributed by atoms with E-state index in [2.05, 4.69) is 85.7 Å². The number of anilines is 1. The van der Waals surface area contributed by atoms with Gasteiger partial charge in [0.1, 0.15) is 6.54 Å². The van der Waals surface area contributed by atoms with Crippen LogP contribution in [-0.2, 0) is 41.0 Å². The molecular weight excluding hydrogens is 915 g/mol. The fourth-order valence-corrected chi connectivity index (χ4v) is 9.28. The van der Waals surface area contributed by atoms with Crippen LogP contribution in [0.25, 0.3) is 0 Å². The van der Waals surface area contributed by atoms with Crippen LogP contribution in [0.15, 0.2) is 94.7 Å². The molecule has 4 N–H and O–H groups in total. The van der Waals surface area contributed by atoms with E-state index in [4.69, 9.17) is 20.7 Å². The second kappa shape index (κ2) is 19.8. The molecule has 5 rings (SSSR count). The molecular formula is C42H54ClIN4O8S2. The number of unbranched alkanes of at least 4 members (excludes halogenated alkanes) is 4. The van der Waals surface area contributed by atoms with Crippen LogP contribution in [-0.4, -0.2) is 61.1 Å². The zero-order chi connectivity index (χ0) is 41.6. The molecule has 2 heterocycles. The number of carbonyl (C=O) groups excluding carboxylic acids is 2. The van der Waals surface area contributed by atoms with E-state index in [1.807, 2.05) is 24.3 Å². The smallest absolute Gasteiger partial charge is 0.359 e. The summed E-state index contributed by atoms with van der Waals surface area (Å²) in [5.41, 5.74) is 8.59. The topological polar surface area (TPSA) is 173 Å². The molecule has 0 radical (unpaired) electrons. The molecule has 2 aromatic carbocycles. The number of halogens is 2. The highest BCUT2D eigenvalue weighted by Gasteiger charge is 2.44. The van der Waals surface area contributed by atoms with Gasteiger partial charge in [-0.2, -0.15) is 21.4 Å². The van der Waals surface area contributed by atoms with Crippen molar-refractivity contribution in [3.63, 3.8) is 0 Å². The summed E-state index contributed by atoms with van der Waals surface area (Å²) in [6.45, 7) is 10.3. The molecule has 316 valence electrons. The van der Waals surface area contributed by atoms with E-state index >= 15 is 0 Å². The van der Waals surface area contributed by atoms with Gasteiger partial charge in [0, 0.05) is 65.3 Å². The van der Waals surface area contributed by atoms with Crippen LogP contribution >= 0.6 is 11.6 Å². The third kappa shape index (κ3) is 11.9. The van der Waals surface area contributed by atoms with E-state index in [0.717, 1.165) is 71.1 Å². The van der Waals surface area contributed by atoms with Gasteiger partial charge in [0.15, 0.2) is 5.71 Å². The molecule has 12 nitrogen and oxygen atoms in total. The minimum Gasteiger partial charge on any atom is -1.00 e. The molecule has 58 heavy (non-hydrogen) atoms. The van der Waals surface area contributed by atoms with Crippen molar-refractivity contribution in [1.29, 1.82) is 0 Å². The minimum atomic E-state index is -4.56. The Labute approximate surface area is 365 Å². The van der Waals surface area contributed by atoms with E-state index in [1.54, 1.807) is 9.44 Å². The third-order valence-corrected chi connectivity index (χ3v) is 12.5. The van der Waals surface area contributed by atoms with Crippen LogP contribution < -0.4 is 38.3 Å². The van der Waals surface area contributed by atoms with Crippen molar-refractivity contribution < 1.29 is 64.1 Å². The summed E-state index contributed by atoms with van der Waals surface area (Å²) in [4.78, 5) is 26.0. The monoisotopic (exact) mass is 968 g/mol. The number of hydrogen-bond acceptors (Lipinski definition) is 7.